The summed E-state index contributed by atoms with van der Waals surface area (Å²) in [5.41, 5.74) is 1.36. The van der Waals surface area contributed by atoms with E-state index in [1.807, 2.05) is 16.8 Å². The minimum absolute atomic E-state index is 0.0350. The maximum Gasteiger partial charge on any atom is 0.387 e. The van der Waals surface area contributed by atoms with Crippen LogP contribution in [0.4, 0.5) is 8.78 Å². The number of hydrogen-bond acceptors (Lipinski definition) is 7. The SMILES string of the molecule is O=C(/C=C/c1ccccc1OC(F)F)N1CCN(Cc2nc(-c3ccsc3)no2)CC1. The Morgan fingerprint density at radius 3 is 2.77 bits per heavy atom. The van der Waals surface area contributed by atoms with Crippen LogP contribution in [0.5, 0.6) is 5.75 Å². The van der Waals surface area contributed by atoms with Crippen LogP contribution in [0, 0.1) is 0 Å². The van der Waals surface area contributed by atoms with Crippen LogP contribution < -0.4 is 4.74 Å². The molecule has 0 unspecified atom stereocenters. The number of carbonyl (C=O) groups is 1. The van der Waals surface area contributed by atoms with E-state index in [2.05, 4.69) is 19.8 Å². The number of alkyl halides is 2. The number of ether oxygens (including phenoxy) is 1. The van der Waals surface area contributed by atoms with Crippen molar-refractivity contribution in [3.8, 4) is 17.1 Å². The van der Waals surface area contributed by atoms with Crippen LogP contribution in [0.15, 0.2) is 51.7 Å². The highest BCUT2D eigenvalue weighted by atomic mass is 32.1. The van der Waals surface area contributed by atoms with Crippen LogP contribution in [0.2, 0.25) is 0 Å². The average Bonchev–Trinajstić information content (AvgIpc) is 3.45. The van der Waals surface area contributed by atoms with E-state index in [0.717, 1.165) is 5.56 Å². The Morgan fingerprint density at radius 1 is 1.23 bits per heavy atom. The van der Waals surface area contributed by atoms with Crippen molar-refractivity contribution in [1.82, 2.24) is 19.9 Å². The van der Waals surface area contributed by atoms with Crippen LogP contribution >= 0.6 is 11.3 Å². The van der Waals surface area contributed by atoms with Crippen molar-refractivity contribution in [1.29, 1.82) is 0 Å². The van der Waals surface area contributed by atoms with Gasteiger partial charge in [-0.15, -0.1) is 0 Å². The molecule has 10 heteroatoms. The molecule has 1 aliphatic rings. The summed E-state index contributed by atoms with van der Waals surface area (Å²) in [6.07, 6.45) is 2.88. The molecule has 3 aromatic rings. The Hall–Kier alpha value is -3.11. The van der Waals surface area contributed by atoms with E-state index in [1.54, 1.807) is 34.4 Å². The average molecular weight is 446 g/mol. The Bertz CT molecular complexity index is 1030. The van der Waals surface area contributed by atoms with E-state index < -0.39 is 6.61 Å². The van der Waals surface area contributed by atoms with Crippen LogP contribution in [0.1, 0.15) is 11.5 Å². The molecule has 31 heavy (non-hydrogen) atoms. The number of rotatable bonds is 7. The third kappa shape index (κ3) is 5.53. The summed E-state index contributed by atoms with van der Waals surface area (Å²) in [7, 11) is 0. The number of piperazine rings is 1. The molecule has 0 atom stereocenters. The number of nitrogens with zero attached hydrogens (tertiary/aromatic N) is 4. The van der Waals surface area contributed by atoms with Crippen LogP contribution in [0.25, 0.3) is 17.5 Å². The first-order valence-corrected chi connectivity index (χ1v) is 10.6. The molecular weight excluding hydrogens is 426 g/mol. The lowest BCUT2D eigenvalue weighted by atomic mass is 10.2. The number of hydrogen-bond donors (Lipinski definition) is 0. The molecule has 0 radical (unpaired) electrons. The zero-order valence-electron chi connectivity index (χ0n) is 16.5. The number of aromatic nitrogens is 2. The first-order valence-electron chi connectivity index (χ1n) is 9.67. The molecule has 1 saturated heterocycles. The molecule has 3 heterocycles. The Kier molecular flexibility index (Phi) is 6.68. The van der Waals surface area contributed by atoms with E-state index in [9.17, 15) is 13.6 Å². The normalized spacial score (nSPS) is 15.1. The number of benzene rings is 1. The fraction of sp³-hybridized carbons (Fsp3) is 0.286. The van der Waals surface area contributed by atoms with E-state index in [0.29, 0.717) is 50.0 Å². The standard InChI is InChI=1S/C21H20F2N4O3S/c22-21(23)29-17-4-2-1-3-15(17)5-6-19(28)27-10-8-26(9-11-27)13-18-24-20(25-30-18)16-7-12-31-14-16/h1-7,12,14,21H,8-11,13H2/b6-5+. The highest BCUT2D eigenvalue weighted by Crippen LogP contribution is 2.22. The smallest absolute Gasteiger partial charge is 0.387 e. The van der Waals surface area contributed by atoms with Gasteiger partial charge in [0, 0.05) is 48.8 Å². The Balaban J connectivity index is 1.29. The highest BCUT2D eigenvalue weighted by Gasteiger charge is 2.21. The number of halogens is 2. The van der Waals surface area contributed by atoms with Gasteiger partial charge < -0.3 is 14.2 Å². The fourth-order valence-corrected chi connectivity index (χ4v) is 3.87. The molecule has 4 rings (SSSR count). The summed E-state index contributed by atoms with van der Waals surface area (Å²) in [6, 6.07) is 8.30. The van der Waals surface area contributed by atoms with Gasteiger partial charge in [-0.25, -0.2) is 0 Å². The molecule has 1 amide bonds. The molecule has 1 aromatic carbocycles. The molecule has 1 fully saturated rings. The molecule has 0 bridgehead atoms. The van der Waals surface area contributed by atoms with Gasteiger partial charge >= 0.3 is 6.61 Å². The Labute approximate surface area is 181 Å². The van der Waals surface area contributed by atoms with Crippen molar-refractivity contribution >= 4 is 23.3 Å². The maximum atomic E-state index is 12.5. The van der Waals surface area contributed by atoms with E-state index in [1.165, 1.54) is 18.2 Å². The number of thiophene rings is 1. The zero-order chi connectivity index (χ0) is 21.6. The van der Waals surface area contributed by atoms with Crippen molar-refractivity contribution in [2.24, 2.45) is 0 Å². The molecule has 0 aliphatic carbocycles. The van der Waals surface area contributed by atoms with Gasteiger partial charge in [-0.3, -0.25) is 9.69 Å². The Morgan fingerprint density at radius 2 is 2.03 bits per heavy atom. The van der Waals surface area contributed by atoms with Crippen molar-refractivity contribution in [3.05, 3.63) is 58.6 Å². The van der Waals surface area contributed by atoms with Crippen LogP contribution in [0.3, 0.4) is 0 Å². The monoisotopic (exact) mass is 446 g/mol. The lowest BCUT2D eigenvalue weighted by Gasteiger charge is -2.33. The van der Waals surface area contributed by atoms with Crippen molar-refractivity contribution in [2.75, 3.05) is 26.2 Å². The lowest BCUT2D eigenvalue weighted by molar-refractivity contribution is -0.127. The second kappa shape index (κ2) is 9.80. The van der Waals surface area contributed by atoms with Gasteiger partial charge in [0.15, 0.2) is 0 Å². The summed E-state index contributed by atoms with van der Waals surface area (Å²) < 4.78 is 34.9. The molecule has 1 aliphatic heterocycles. The fourth-order valence-electron chi connectivity index (χ4n) is 3.23. The van der Waals surface area contributed by atoms with Crippen molar-refractivity contribution in [3.63, 3.8) is 0 Å². The maximum absolute atomic E-state index is 12.5. The molecule has 7 nitrogen and oxygen atoms in total. The molecule has 0 spiro atoms. The molecule has 0 N–H and O–H groups in total. The summed E-state index contributed by atoms with van der Waals surface area (Å²) in [5.74, 6) is 0.972. The molecule has 2 aromatic heterocycles. The number of para-hydroxylation sites is 1. The predicted molar refractivity (Wildman–Crippen MR) is 112 cm³/mol. The second-order valence-electron chi connectivity index (χ2n) is 6.87. The first kappa shape index (κ1) is 21.1. The molecule has 162 valence electrons. The van der Waals surface area contributed by atoms with Crippen LogP contribution in [-0.2, 0) is 11.3 Å². The quantitative estimate of drug-likeness (QED) is 0.515. The van der Waals surface area contributed by atoms with Gasteiger partial charge in [-0.1, -0.05) is 23.4 Å². The molecule has 0 saturated carbocycles. The van der Waals surface area contributed by atoms with Gasteiger partial charge in [-0.2, -0.15) is 25.1 Å². The zero-order valence-corrected chi connectivity index (χ0v) is 17.3. The molecular formula is C21H20F2N4O3S. The number of amides is 1. The third-order valence-corrected chi connectivity index (χ3v) is 5.51. The summed E-state index contributed by atoms with van der Waals surface area (Å²) in [6.45, 7) is 0.0291. The highest BCUT2D eigenvalue weighted by molar-refractivity contribution is 7.08. The largest absolute Gasteiger partial charge is 0.434 e. The summed E-state index contributed by atoms with van der Waals surface area (Å²) >= 11 is 1.57. The van der Waals surface area contributed by atoms with Crippen molar-refractivity contribution in [2.45, 2.75) is 13.2 Å². The van der Waals surface area contributed by atoms with Gasteiger partial charge in [-0.05, 0) is 23.6 Å². The van der Waals surface area contributed by atoms with Gasteiger partial charge in [0.25, 0.3) is 0 Å². The second-order valence-corrected chi connectivity index (χ2v) is 7.65. The minimum Gasteiger partial charge on any atom is -0.434 e. The van der Waals surface area contributed by atoms with Gasteiger partial charge in [0.05, 0.1) is 6.54 Å². The van der Waals surface area contributed by atoms with E-state index in [4.69, 9.17) is 4.52 Å². The van der Waals surface area contributed by atoms with E-state index >= 15 is 0 Å². The minimum atomic E-state index is -2.92. The van der Waals surface area contributed by atoms with E-state index in [-0.39, 0.29) is 11.7 Å². The third-order valence-electron chi connectivity index (χ3n) is 4.83. The predicted octanol–water partition coefficient (Wildman–Crippen LogP) is 3.76. The topological polar surface area (TPSA) is 71.7 Å². The summed E-state index contributed by atoms with van der Waals surface area (Å²) in [5, 5.41) is 7.93. The van der Waals surface area contributed by atoms with Crippen LogP contribution in [-0.4, -0.2) is 58.6 Å². The lowest BCUT2D eigenvalue weighted by Crippen LogP contribution is -2.47. The van der Waals surface area contributed by atoms with Gasteiger partial charge in [0.1, 0.15) is 5.75 Å². The number of carbonyl (C=O) groups excluding carboxylic acids is 1. The summed E-state index contributed by atoms with van der Waals surface area (Å²) in [4.78, 5) is 20.8. The first-order chi connectivity index (χ1) is 15.1. The van der Waals surface area contributed by atoms with Crippen molar-refractivity contribution < 1.29 is 22.8 Å². The van der Waals surface area contributed by atoms with Gasteiger partial charge in [0.2, 0.25) is 17.6 Å².